The Morgan fingerprint density at radius 2 is 2.17 bits per heavy atom. The van der Waals surface area contributed by atoms with Gasteiger partial charge in [0.1, 0.15) is 18.3 Å². The van der Waals surface area contributed by atoms with Gasteiger partial charge in [0.25, 0.3) is 0 Å². The highest BCUT2D eigenvalue weighted by Crippen LogP contribution is 2.32. The molecule has 1 aliphatic rings. The van der Waals surface area contributed by atoms with Crippen LogP contribution in [0.1, 0.15) is 18.5 Å². The van der Waals surface area contributed by atoms with Crippen LogP contribution in [0.5, 0.6) is 0 Å². The fourth-order valence-electron chi connectivity index (χ4n) is 2.60. The van der Waals surface area contributed by atoms with E-state index < -0.39 is 54.5 Å². The van der Waals surface area contributed by atoms with Gasteiger partial charge in [-0.05, 0) is 12.1 Å². The van der Waals surface area contributed by atoms with Crippen LogP contribution in [0.15, 0.2) is 24.1 Å². The van der Waals surface area contributed by atoms with Crippen LogP contribution < -0.4 is 5.32 Å². The lowest BCUT2D eigenvalue weighted by atomic mass is 9.85. The summed E-state index contributed by atoms with van der Waals surface area (Å²) in [6.45, 7) is 0.501. The van der Waals surface area contributed by atoms with Crippen LogP contribution in [0.2, 0.25) is 0 Å². The molecule has 6 N–H and O–H groups in total. The Morgan fingerprint density at radius 3 is 2.67 bits per heavy atom. The zero-order valence-electron chi connectivity index (χ0n) is 12.8. The maximum atomic E-state index is 11.5. The number of carboxylic acids is 1. The van der Waals surface area contributed by atoms with E-state index in [4.69, 9.17) is 9.84 Å². The maximum Gasteiger partial charge on any atom is 0.370 e. The SMILES string of the molecule is CC(=O)N[C@@H]1C(c2ccn[nH]2)C=C(C(=O)O)OC1[C@H](O)[C@H](O)CO. The monoisotopic (exact) mass is 341 g/mol. The molecule has 2 heterocycles. The summed E-state index contributed by atoms with van der Waals surface area (Å²) in [6.07, 6.45) is -1.74. The molecule has 0 saturated carbocycles. The van der Waals surface area contributed by atoms with Crippen LogP contribution in [0.25, 0.3) is 0 Å². The first-order valence-electron chi connectivity index (χ1n) is 7.20. The van der Waals surface area contributed by atoms with Gasteiger partial charge in [0.2, 0.25) is 11.7 Å². The third kappa shape index (κ3) is 3.72. The number of amides is 1. The highest BCUT2D eigenvalue weighted by molar-refractivity contribution is 5.85. The molecule has 1 aromatic rings. The van der Waals surface area contributed by atoms with Crippen molar-refractivity contribution >= 4 is 11.9 Å². The van der Waals surface area contributed by atoms with E-state index in [-0.39, 0.29) is 0 Å². The van der Waals surface area contributed by atoms with Crippen molar-refractivity contribution in [2.24, 2.45) is 0 Å². The third-order valence-corrected chi connectivity index (χ3v) is 3.71. The van der Waals surface area contributed by atoms with Crippen molar-refractivity contribution in [2.45, 2.75) is 37.2 Å². The number of nitrogens with zero attached hydrogens (tertiary/aromatic N) is 1. The van der Waals surface area contributed by atoms with E-state index >= 15 is 0 Å². The fraction of sp³-hybridized carbons (Fsp3) is 0.500. The van der Waals surface area contributed by atoms with Gasteiger partial charge in [0, 0.05) is 24.7 Å². The normalized spacial score (nSPS) is 26.0. The highest BCUT2D eigenvalue weighted by atomic mass is 16.5. The molecule has 0 spiro atoms. The van der Waals surface area contributed by atoms with Crippen LogP contribution in [-0.2, 0) is 14.3 Å². The van der Waals surface area contributed by atoms with Crippen LogP contribution in [-0.4, -0.2) is 73.5 Å². The van der Waals surface area contributed by atoms with Gasteiger partial charge in [-0.25, -0.2) is 4.79 Å². The van der Waals surface area contributed by atoms with Crippen molar-refractivity contribution in [2.75, 3.05) is 6.61 Å². The van der Waals surface area contributed by atoms with Gasteiger partial charge in [-0.3, -0.25) is 9.89 Å². The molecule has 0 saturated heterocycles. The van der Waals surface area contributed by atoms with E-state index in [1.165, 1.54) is 19.2 Å². The Hall–Kier alpha value is -2.43. The van der Waals surface area contributed by atoms with Crippen LogP contribution in [0, 0.1) is 0 Å². The van der Waals surface area contributed by atoms with Crippen LogP contribution in [0.4, 0.5) is 0 Å². The fourth-order valence-corrected chi connectivity index (χ4v) is 2.60. The van der Waals surface area contributed by atoms with Gasteiger partial charge in [-0.2, -0.15) is 5.10 Å². The first-order chi connectivity index (χ1) is 11.3. The van der Waals surface area contributed by atoms with E-state index in [9.17, 15) is 24.9 Å². The molecule has 2 rings (SSSR count). The Balaban J connectivity index is 2.45. The number of hydrogen-bond acceptors (Lipinski definition) is 7. The summed E-state index contributed by atoms with van der Waals surface area (Å²) in [5.41, 5.74) is 0.492. The summed E-state index contributed by atoms with van der Waals surface area (Å²) >= 11 is 0. The topological polar surface area (TPSA) is 165 Å². The zero-order chi connectivity index (χ0) is 17.9. The van der Waals surface area contributed by atoms with Crippen molar-refractivity contribution in [3.05, 3.63) is 29.8 Å². The first kappa shape index (κ1) is 17.9. The molecular weight excluding hydrogens is 322 g/mol. The Bertz CT molecular complexity index is 616. The lowest BCUT2D eigenvalue weighted by Crippen LogP contribution is -2.57. The number of H-pyrrole nitrogens is 1. The minimum absolute atomic E-state index is 0.434. The van der Waals surface area contributed by atoms with E-state index in [1.807, 2.05) is 0 Å². The van der Waals surface area contributed by atoms with Crippen molar-refractivity contribution in [3.8, 4) is 0 Å². The number of carboxylic acid groups (broad SMARTS) is 1. The number of aliphatic carboxylic acids is 1. The second-order valence-electron chi connectivity index (χ2n) is 5.42. The summed E-state index contributed by atoms with van der Waals surface area (Å²) in [6, 6.07) is 0.703. The molecule has 0 aromatic carbocycles. The summed E-state index contributed by atoms with van der Waals surface area (Å²) in [5.74, 6) is -2.93. The van der Waals surface area contributed by atoms with Gasteiger partial charge in [0.15, 0.2) is 0 Å². The first-order valence-corrected chi connectivity index (χ1v) is 7.20. The predicted octanol–water partition coefficient (Wildman–Crippen LogP) is -1.92. The molecule has 2 unspecified atom stereocenters. The number of carbonyl (C=O) groups excluding carboxylic acids is 1. The van der Waals surface area contributed by atoms with Gasteiger partial charge in [-0.15, -0.1) is 0 Å². The Morgan fingerprint density at radius 1 is 1.46 bits per heavy atom. The number of aliphatic hydroxyl groups excluding tert-OH is 3. The zero-order valence-corrected chi connectivity index (χ0v) is 12.8. The van der Waals surface area contributed by atoms with E-state index in [1.54, 1.807) is 6.07 Å². The van der Waals surface area contributed by atoms with E-state index in [2.05, 4.69) is 15.5 Å². The number of aliphatic hydroxyl groups is 3. The van der Waals surface area contributed by atoms with E-state index in [0.29, 0.717) is 5.69 Å². The molecule has 0 radical (unpaired) electrons. The molecule has 0 fully saturated rings. The van der Waals surface area contributed by atoms with Crippen molar-refractivity contribution in [3.63, 3.8) is 0 Å². The quantitative estimate of drug-likeness (QED) is 0.348. The summed E-state index contributed by atoms with van der Waals surface area (Å²) in [4.78, 5) is 22.8. The lowest BCUT2D eigenvalue weighted by molar-refractivity contribution is -0.146. The predicted molar refractivity (Wildman–Crippen MR) is 78.6 cm³/mol. The number of rotatable bonds is 6. The average Bonchev–Trinajstić information content (AvgIpc) is 3.07. The van der Waals surface area contributed by atoms with Gasteiger partial charge in [0.05, 0.1) is 12.6 Å². The number of aromatic nitrogens is 2. The second kappa shape index (κ2) is 7.43. The van der Waals surface area contributed by atoms with Gasteiger partial charge >= 0.3 is 5.97 Å². The Labute approximate surface area is 136 Å². The summed E-state index contributed by atoms with van der Waals surface area (Å²) < 4.78 is 5.27. The average molecular weight is 341 g/mol. The molecule has 1 aliphatic heterocycles. The number of nitrogens with one attached hydrogen (secondary N) is 2. The van der Waals surface area contributed by atoms with Crippen molar-refractivity contribution in [1.29, 1.82) is 0 Å². The molecule has 0 bridgehead atoms. The molecule has 132 valence electrons. The van der Waals surface area contributed by atoms with Crippen LogP contribution in [0.3, 0.4) is 0 Å². The molecule has 1 aromatic heterocycles. The second-order valence-corrected chi connectivity index (χ2v) is 5.42. The van der Waals surface area contributed by atoms with Gasteiger partial charge < -0.3 is 30.5 Å². The third-order valence-electron chi connectivity index (χ3n) is 3.71. The lowest BCUT2D eigenvalue weighted by Gasteiger charge is -2.39. The highest BCUT2D eigenvalue weighted by Gasteiger charge is 2.44. The molecule has 24 heavy (non-hydrogen) atoms. The minimum atomic E-state index is -1.62. The molecule has 1 amide bonds. The van der Waals surface area contributed by atoms with Crippen LogP contribution >= 0.6 is 0 Å². The molecule has 0 aliphatic carbocycles. The van der Waals surface area contributed by atoms with E-state index in [0.717, 1.165) is 0 Å². The summed E-state index contributed by atoms with van der Waals surface area (Å²) in [7, 11) is 0. The molecule has 10 heteroatoms. The number of aromatic amines is 1. The van der Waals surface area contributed by atoms with Crippen molar-refractivity contribution in [1.82, 2.24) is 15.5 Å². The number of carbonyl (C=O) groups is 2. The molecular formula is C14H19N3O7. The molecule has 5 atom stereocenters. The Kier molecular flexibility index (Phi) is 5.54. The largest absolute Gasteiger partial charge is 0.478 e. The molecule has 10 nitrogen and oxygen atoms in total. The summed E-state index contributed by atoms with van der Waals surface area (Å²) in [5, 5.41) is 47.2. The smallest absolute Gasteiger partial charge is 0.370 e. The minimum Gasteiger partial charge on any atom is -0.478 e. The number of hydrogen-bond donors (Lipinski definition) is 6. The maximum absolute atomic E-state index is 11.5. The van der Waals surface area contributed by atoms with Gasteiger partial charge in [-0.1, -0.05) is 0 Å². The van der Waals surface area contributed by atoms with Crippen molar-refractivity contribution < 1.29 is 34.8 Å². The standard InChI is InChI=1S/C14H19N3O7/c1-6(19)16-11-7(8-2-3-15-17-8)4-10(14(22)23)24-13(11)12(21)9(20)5-18/h2-4,7,9,11-13,18,20-21H,5H2,1H3,(H,15,17)(H,16,19)(H,22,23)/t7?,9-,11-,12-,13?/m1/s1. The number of ether oxygens (including phenoxy) is 1.